The predicted molar refractivity (Wildman–Crippen MR) is 78.1 cm³/mol. The van der Waals surface area contributed by atoms with Gasteiger partial charge in [0.15, 0.2) is 0 Å². The molecule has 0 fully saturated rings. The number of hydrogen-bond donors (Lipinski definition) is 2. The minimum Gasteiger partial charge on any atom is -0.506 e. The van der Waals surface area contributed by atoms with E-state index in [1.54, 1.807) is 37.4 Å². The van der Waals surface area contributed by atoms with Crippen molar-refractivity contribution in [2.75, 3.05) is 19.0 Å². The van der Waals surface area contributed by atoms with Crippen LogP contribution in [0.2, 0.25) is 0 Å². The largest absolute Gasteiger partial charge is 0.506 e. The predicted octanol–water partition coefficient (Wildman–Crippen LogP) is 1.89. The van der Waals surface area contributed by atoms with E-state index in [1.807, 2.05) is 0 Å². The monoisotopic (exact) mass is 272 g/mol. The lowest BCUT2D eigenvalue weighted by Crippen LogP contribution is -2.23. The second kappa shape index (κ2) is 5.21. The Bertz CT molecular complexity index is 695. The van der Waals surface area contributed by atoms with Crippen molar-refractivity contribution in [3.8, 4) is 5.75 Å². The quantitative estimate of drug-likeness (QED) is 0.877. The van der Waals surface area contributed by atoms with E-state index in [0.717, 1.165) is 5.39 Å². The minimum atomic E-state index is -0.352. The third kappa shape index (κ3) is 2.18. The maximum atomic E-state index is 11.7. The molecule has 2 rings (SSSR count). The standard InChI is InChI=1S/C15H16N2O3/c1-9(18)17(3)13-6-4-5-11-10(13)7-8-12(14(11)19)15(20)16-2/h4-8,19H,1-3H3,(H,16,20). The second-order valence-corrected chi connectivity index (χ2v) is 4.49. The van der Waals surface area contributed by atoms with Crippen LogP contribution >= 0.6 is 0 Å². The normalized spacial score (nSPS) is 10.3. The third-order valence-corrected chi connectivity index (χ3v) is 3.32. The van der Waals surface area contributed by atoms with E-state index in [1.165, 1.54) is 18.9 Å². The first-order chi connectivity index (χ1) is 9.47. The summed E-state index contributed by atoms with van der Waals surface area (Å²) >= 11 is 0. The summed E-state index contributed by atoms with van der Waals surface area (Å²) in [5, 5.41) is 14.0. The first kappa shape index (κ1) is 13.9. The van der Waals surface area contributed by atoms with Gasteiger partial charge >= 0.3 is 0 Å². The van der Waals surface area contributed by atoms with Crippen molar-refractivity contribution in [2.45, 2.75) is 6.92 Å². The van der Waals surface area contributed by atoms with Gasteiger partial charge in [0.25, 0.3) is 5.91 Å². The molecule has 2 amide bonds. The molecule has 0 aliphatic heterocycles. The molecule has 2 aromatic rings. The molecule has 5 heteroatoms. The fourth-order valence-corrected chi connectivity index (χ4v) is 2.11. The van der Waals surface area contributed by atoms with Gasteiger partial charge in [-0.3, -0.25) is 9.59 Å². The zero-order chi connectivity index (χ0) is 14.9. The van der Waals surface area contributed by atoms with E-state index < -0.39 is 0 Å². The molecule has 0 aliphatic rings. The number of nitrogens with zero attached hydrogens (tertiary/aromatic N) is 1. The van der Waals surface area contributed by atoms with Crippen LogP contribution in [0.25, 0.3) is 10.8 Å². The van der Waals surface area contributed by atoms with Crippen molar-refractivity contribution in [3.63, 3.8) is 0 Å². The van der Waals surface area contributed by atoms with Gasteiger partial charge in [0.2, 0.25) is 5.91 Å². The molecule has 0 aromatic heterocycles. The summed E-state index contributed by atoms with van der Waals surface area (Å²) in [6, 6.07) is 8.53. The Balaban J connectivity index is 2.70. The first-order valence-electron chi connectivity index (χ1n) is 6.18. The number of phenolic OH excluding ortho intramolecular Hbond substituents is 1. The zero-order valence-electron chi connectivity index (χ0n) is 11.6. The van der Waals surface area contributed by atoms with Crippen molar-refractivity contribution in [3.05, 3.63) is 35.9 Å². The van der Waals surface area contributed by atoms with Crippen LogP contribution in [0.15, 0.2) is 30.3 Å². The topological polar surface area (TPSA) is 69.6 Å². The molecule has 0 atom stereocenters. The van der Waals surface area contributed by atoms with Gasteiger partial charge in [0.1, 0.15) is 5.75 Å². The Labute approximate surface area is 116 Å². The molecule has 0 spiro atoms. The fraction of sp³-hybridized carbons (Fsp3) is 0.200. The molecule has 0 bridgehead atoms. The van der Waals surface area contributed by atoms with E-state index in [0.29, 0.717) is 11.1 Å². The summed E-state index contributed by atoms with van der Waals surface area (Å²) in [7, 11) is 3.17. The van der Waals surface area contributed by atoms with Gasteiger partial charge in [-0.1, -0.05) is 18.2 Å². The molecule has 0 radical (unpaired) electrons. The third-order valence-electron chi connectivity index (χ3n) is 3.32. The van der Waals surface area contributed by atoms with E-state index in [4.69, 9.17) is 0 Å². The van der Waals surface area contributed by atoms with Crippen LogP contribution in [0.1, 0.15) is 17.3 Å². The molecule has 5 nitrogen and oxygen atoms in total. The molecule has 0 heterocycles. The van der Waals surface area contributed by atoms with Crippen LogP contribution in [-0.4, -0.2) is 31.0 Å². The number of carbonyl (C=O) groups excluding carboxylic acids is 2. The van der Waals surface area contributed by atoms with Gasteiger partial charge in [-0.25, -0.2) is 0 Å². The number of rotatable bonds is 2. The molecular weight excluding hydrogens is 256 g/mol. The summed E-state index contributed by atoms with van der Waals surface area (Å²) in [6.45, 7) is 1.47. The Morgan fingerprint density at radius 1 is 1.15 bits per heavy atom. The smallest absolute Gasteiger partial charge is 0.254 e. The van der Waals surface area contributed by atoms with Gasteiger partial charge in [0.05, 0.1) is 11.3 Å². The van der Waals surface area contributed by atoms with Crippen LogP contribution in [0, 0.1) is 0 Å². The van der Waals surface area contributed by atoms with E-state index >= 15 is 0 Å². The number of aromatic hydroxyl groups is 1. The molecular formula is C15H16N2O3. The second-order valence-electron chi connectivity index (χ2n) is 4.49. The molecule has 0 saturated heterocycles. The number of hydrogen-bond acceptors (Lipinski definition) is 3. The molecule has 2 aromatic carbocycles. The van der Waals surface area contributed by atoms with Gasteiger partial charge in [-0.2, -0.15) is 0 Å². The highest BCUT2D eigenvalue weighted by Crippen LogP contribution is 2.34. The highest BCUT2D eigenvalue weighted by molar-refractivity contribution is 6.09. The number of nitrogens with one attached hydrogen (secondary N) is 1. The van der Waals surface area contributed by atoms with Gasteiger partial charge in [-0.05, 0) is 12.1 Å². The molecule has 0 saturated carbocycles. The Morgan fingerprint density at radius 2 is 1.85 bits per heavy atom. The molecule has 0 aliphatic carbocycles. The molecule has 0 unspecified atom stereocenters. The number of amides is 2. The number of phenols is 1. The van der Waals surface area contributed by atoms with Crippen molar-refractivity contribution in [1.82, 2.24) is 5.32 Å². The van der Waals surface area contributed by atoms with Gasteiger partial charge in [-0.15, -0.1) is 0 Å². The summed E-state index contributed by atoms with van der Waals surface area (Å²) in [5.41, 5.74) is 0.899. The Kier molecular flexibility index (Phi) is 3.61. The summed E-state index contributed by atoms with van der Waals surface area (Å²) in [5.74, 6) is -0.539. The van der Waals surface area contributed by atoms with Gasteiger partial charge < -0.3 is 15.3 Å². The average molecular weight is 272 g/mol. The van der Waals surface area contributed by atoms with E-state index in [2.05, 4.69) is 5.32 Å². The maximum Gasteiger partial charge on any atom is 0.254 e. The lowest BCUT2D eigenvalue weighted by Gasteiger charge is -2.18. The Hall–Kier alpha value is -2.56. The number of fused-ring (bicyclic) bond motifs is 1. The summed E-state index contributed by atoms with van der Waals surface area (Å²) in [6.07, 6.45) is 0. The summed E-state index contributed by atoms with van der Waals surface area (Å²) < 4.78 is 0. The fourth-order valence-electron chi connectivity index (χ4n) is 2.11. The van der Waals surface area contributed by atoms with Crippen LogP contribution < -0.4 is 10.2 Å². The van der Waals surface area contributed by atoms with Gasteiger partial charge in [0, 0.05) is 31.8 Å². The minimum absolute atomic E-state index is 0.0827. The molecule has 20 heavy (non-hydrogen) atoms. The zero-order valence-corrected chi connectivity index (χ0v) is 11.6. The number of anilines is 1. The first-order valence-corrected chi connectivity index (χ1v) is 6.18. The van der Waals surface area contributed by atoms with Crippen LogP contribution in [0.3, 0.4) is 0 Å². The number of benzene rings is 2. The van der Waals surface area contributed by atoms with Crippen LogP contribution in [-0.2, 0) is 4.79 Å². The number of carbonyl (C=O) groups is 2. The average Bonchev–Trinajstić information content (AvgIpc) is 2.45. The van der Waals surface area contributed by atoms with Crippen LogP contribution in [0.5, 0.6) is 5.75 Å². The molecule has 104 valence electrons. The maximum absolute atomic E-state index is 11.7. The van der Waals surface area contributed by atoms with Crippen molar-refractivity contribution in [2.24, 2.45) is 0 Å². The van der Waals surface area contributed by atoms with Crippen molar-refractivity contribution in [1.29, 1.82) is 0 Å². The highest BCUT2D eigenvalue weighted by Gasteiger charge is 2.16. The van der Waals surface area contributed by atoms with Crippen molar-refractivity contribution < 1.29 is 14.7 Å². The summed E-state index contributed by atoms with van der Waals surface area (Å²) in [4.78, 5) is 24.7. The lowest BCUT2D eigenvalue weighted by molar-refractivity contribution is -0.116. The molecule has 2 N–H and O–H groups in total. The van der Waals surface area contributed by atoms with E-state index in [9.17, 15) is 14.7 Å². The van der Waals surface area contributed by atoms with Crippen molar-refractivity contribution >= 4 is 28.3 Å². The Morgan fingerprint density at radius 3 is 2.45 bits per heavy atom. The van der Waals surface area contributed by atoms with Crippen LogP contribution in [0.4, 0.5) is 5.69 Å². The lowest BCUT2D eigenvalue weighted by atomic mass is 10.0. The SMILES string of the molecule is CNC(=O)c1ccc2c(N(C)C(C)=O)cccc2c1O. The highest BCUT2D eigenvalue weighted by atomic mass is 16.3. The van der Waals surface area contributed by atoms with E-state index in [-0.39, 0.29) is 23.1 Å².